The molecular weight excluding hydrogens is 246 g/mol. The highest BCUT2D eigenvalue weighted by atomic mass is 16.3. The van der Waals surface area contributed by atoms with Gasteiger partial charge in [0.05, 0.1) is 0 Å². The van der Waals surface area contributed by atoms with Crippen molar-refractivity contribution in [2.75, 3.05) is 0 Å². The Bertz CT molecular complexity index is 650. The molecule has 0 aliphatic heterocycles. The summed E-state index contributed by atoms with van der Waals surface area (Å²) in [7, 11) is 0. The molecule has 2 rings (SSSR count). The lowest BCUT2D eigenvalue weighted by Crippen LogP contribution is -1.75. The maximum atomic E-state index is 10.4. The van der Waals surface area contributed by atoms with Crippen LogP contribution in [-0.2, 0) is 0 Å². The normalized spacial score (nSPS) is 10.7. The van der Waals surface area contributed by atoms with Gasteiger partial charge in [-0.3, -0.25) is 0 Å². The number of benzene rings is 2. The third-order valence-electron chi connectivity index (χ3n) is 2.50. The molecule has 0 unspecified atom stereocenters. The number of hydrogen-bond donors (Lipinski definition) is 3. The quantitative estimate of drug-likeness (QED) is 0.446. The highest BCUT2D eigenvalue weighted by molar-refractivity contribution is 5.72. The first-order valence-electron chi connectivity index (χ1n) is 5.46. The summed E-state index contributed by atoms with van der Waals surface area (Å²) in [5.74, 6) is -0.458. The number of phenolic OH excluding ortho intramolecular Hbond substituents is 3. The van der Waals surface area contributed by atoms with Crippen LogP contribution >= 0.6 is 0 Å². The molecule has 0 heterocycles. The Kier molecular flexibility index (Phi) is 3.47. The molecule has 0 bridgehead atoms. The number of rotatable bonds is 3. The van der Waals surface area contributed by atoms with E-state index in [0.29, 0.717) is 11.1 Å². The van der Waals surface area contributed by atoms with Crippen LogP contribution in [0.5, 0.6) is 17.2 Å². The standard InChI is InChI=1S/C14H11NO4/c16-12-6-10(5-11(8-12)15-19)2-1-9-3-4-13(17)14(18)7-9/h1-8,16-18H/b2-1+. The predicted molar refractivity (Wildman–Crippen MR) is 72.3 cm³/mol. The van der Waals surface area contributed by atoms with Gasteiger partial charge in [-0.05, 0) is 40.6 Å². The second-order valence-corrected chi connectivity index (χ2v) is 3.96. The van der Waals surface area contributed by atoms with Crippen molar-refractivity contribution in [1.29, 1.82) is 0 Å². The second-order valence-electron chi connectivity index (χ2n) is 3.96. The smallest absolute Gasteiger partial charge is 0.157 e. The zero-order valence-electron chi connectivity index (χ0n) is 9.82. The van der Waals surface area contributed by atoms with E-state index in [4.69, 9.17) is 0 Å². The number of nitroso groups, excluding NO2 is 1. The van der Waals surface area contributed by atoms with E-state index in [2.05, 4.69) is 5.18 Å². The van der Waals surface area contributed by atoms with Crippen LogP contribution in [0, 0.1) is 4.91 Å². The minimum atomic E-state index is -0.215. The average Bonchev–Trinajstić information content (AvgIpc) is 2.39. The van der Waals surface area contributed by atoms with E-state index in [-0.39, 0.29) is 22.9 Å². The van der Waals surface area contributed by atoms with Gasteiger partial charge in [0.25, 0.3) is 0 Å². The minimum Gasteiger partial charge on any atom is -0.508 e. The van der Waals surface area contributed by atoms with Crippen LogP contribution in [0.2, 0.25) is 0 Å². The largest absolute Gasteiger partial charge is 0.508 e. The van der Waals surface area contributed by atoms with Crippen LogP contribution in [0.3, 0.4) is 0 Å². The van der Waals surface area contributed by atoms with Gasteiger partial charge in [0, 0.05) is 6.07 Å². The maximum absolute atomic E-state index is 10.4. The number of phenols is 3. The predicted octanol–water partition coefficient (Wildman–Crippen LogP) is 3.37. The first kappa shape index (κ1) is 12.6. The Morgan fingerprint density at radius 2 is 1.58 bits per heavy atom. The second kappa shape index (κ2) is 5.22. The van der Waals surface area contributed by atoms with Crippen molar-refractivity contribution in [3.05, 3.63) is 52.4 Å². The van der Waals surface area contributed by atoms with Crippen molar-refractivity contribution in [3.63, 3.8) is 0 Å². The first-order valence-corrected chi connectivity index (χ1v) is 5.46. The van der Waals surface area contributed by atoms with Gasteiger partial charge < -0.3 is 15.3 Å². The molecule has 0 saturated heterocycles. The van der Waals surface area contributed by atoms with Gasteiger partial charge >= 0.3 is 0 Å². The van der Waals surface area contributed by atoms with Crippen molar-refractivity contribution in [3.8, 4) is 17.2 Å². The van der Waals surface area contributed by atoms with Crippen molar-refractivity contribution in [2.24, 2.45) is 5.18 Å². The Morgan fingerprint density at radius 3 is 2.26 bits per heavy atom. The van der Waals surface area contributed by atoms with Crippen molar-refractivity contribution < 1.29 is 15.3 Å². The summed E-state index contributed by atoms with van der Waals surface area (Å²) in [6.45, 7) is 0. The van der Waals surface area contributed by atoms with Crippen LogP contribution in [0.1, 0.15) is 11.1 Å². The van der Waals surface area contributed by atoms with E-state index in [1.807, 2.05) is 0 Å². The SMILES string of the molecule is O=Nc1cc(O)cc(/C=C/c2ccc(O)c(O)c2)c1. The molecule has 0 fully saturated rings. The van der Waals surface area contributed by atoms with Crippen molar-refractivity contribution >= 4 is 17.8 Å². The lowest BCUT2D eigenvalue weighted by molar-refractivity contribution is 0.403. The highest BCUT2D eigenvalue weighted by Gasteiger charge is 2.00. The van der Waals surface area contributed by atoms with Gasteiger partial charge in [0.2, 0.25) is 0 Å². The first-order chi connectivity index (χ1) is 9.08. The molecule has 0 radical (unpaired) electrons. The van der Waals surface area contributed by atoms with Crippen molar-refractivity contribution in [2.45, 2.75) is 0 Å². The van der Waals surface area contributed by atoms with Crippen LogP contribution in [0.15, 0.2) is 41.6 Å². The Labute approximate surface area is 109 Å². The lowest BCUT2D eigenvalue weighted by Gasteiger charge is -2.00. The molecule has 2 aromatic rings. The third-order valence-corrected chi connectivity index (χ3v) is 2.50. The molecule has 0 atom stereocenters. The molecule has 2 aromatic carbocycles. The van der Waals surface area contributed by atoms with Crippen LogP contribution < -0.4 is 0 Å². The minimum absolute atomic E-state index is 0.0506. The van der Waals surface area contributed by atoms with E-state index >= 15 is 0 Å². The molecule has 0 spiro atoms. The molecule has 0 aromatic heterocycles. The molecule has 5 nitrogen and oxygen atoms in total. The molecule has 0 aliphatic rings. The average molecular weight is 257 g/mol. The van der Waals surface area contributed by atoms with E-state index < -0.39 is 0 Å². The Morgan fingerprint density at radius 1 is 0.842 bits per heavy atom. The molecule has 5 heteroatoms. The van der Waals surface area contributed by atoms with Crippen LogP contribution in [0.4, 0.5) is 5.69 Å². The van der Waals surface area contributed by atoms with Gasteiger partial charge in [-0.15, -0.1) is 4.91 Å². The fourth-order valence-electron chi connectivity index (χ4n) is 1.60. The lowest BCUT2D eigenvalue weighted by atomic mass is 10.1. The van der Waals surface area contributed by atoms with Gasteiger partial charge in [-0.2, -0.15) is 0 Å². The summed E-state index contributed by atoms with van der Waals surface area (Å²) in [6.07, 6.45) is 3.32. The number of nitrogens with zero attached hydrogens (tertiary/aromatic N) is 1. The van der Waals surface area contributed by atoms with Gasteiger partial charge in [0.15, 0.2) is 11.5 Å². The summed E-state index contributed by atoms with van der Waals surface area (Å²) >= 11 is 0. The van der Waals surface area contributed by atoms with E-state index in [1.165, 1.54) is 30.3 Å². The number of aromatic hydroxyl groups is 3. The third kappa shape index (κ3) is 3.10. The van der Waals surface area contributed by atoms with Crippen LogP contribution in [0.25, 0.3) is 12.2 Å². The van der Waals surface area contributed by atoms with E-state index in [9.17, 15) is 20.2 Å². The fraction of sp³-hybridized carbons (Fsp3) is 0. The Hall–Kier alpha value is -2.82. The molecular formula is C14H11NO4. The molecule has 96 valence electrons. The topological polar surface area (TPSA) is 90.1 Å². The summed E-state index contributed by atoms with van der Waals surface area (Å²) < 4.78 is 0. The van der Waals surface area contributed by atoms with Crippen molar-refractivity contribution in [1.82, 2.24) is 0 Å². The monoisotopic (exact) mass is 257 g/mol. The van der Waals surface area contributed by atoms with E-state index in [1.54, 1.807) is 18.2 Å². The molecule has 3 N–H and O–H groups in total. The highest BCUT2D eigenvalue weighted by Crippen LogP contribution is 2.27. The van der Waals surface area contributed by atoms with E-state index in [0.717, 1.165) is 0 Å². The zero-order valence-corrected chi connectivity index (χ0v) is 9.82. The summed E-state index contributed by atoms with van der Waals surface area (Å²) in [5, 5.41) is 30.7. The van der Waals surface area contributed by atoms with Gasteiger partial charge in [0.1, 0.15) is 11.4 Å². The van der Waals surface area contributed by atoms with Crippen LogP contribution in [-0.4, -0.2) is 15.3 Å². The van der Waals surface area contributed by atoms with Gasteiger partial charge in [-0.1, -0.05) is 18.2 Å². The molecule has 0 saturated carbocycles. The summed E-state index contributed by atoms with van der Waals surface area (Å²) in [5.41, 5.74) is 1.40. The van der Waals surface area contributed by atoms with Gasteiger partial charge in [-0.25, -0.2) is 0 Å². The zero-order chi connectivity index (χ0) is 13.8. The number of hydrogen-bond acceptors (Lipinski definition) is 5. The Balaban J connectivity index is 2.29. The summed E-state index contributed by atoms with van der Waals surface area (Å²) in [6, 6.07) is 8.64. The molecule has 19 heavy (non-hydrogen) atoms. The molecule has 0 amide bonds. The molecule has 0 aliphatic carbocycles. The fourth-order valence-corrected chi connectivity index (χ4v) is 1.60. The maximum Gasteiger partial charge on any atom is 0.157 e. The summed E-state index contributed by atoms with van der Waals surface area (Å²) in [4.78, 5) is 10.4.